The highest BCUT2D eigenvalue weighted by molar-refractivity contribution is 5.86. The molecule has 0 aliphatic carbocycles. The molecule has 0 aromatic heterocycles. The molecule has 27 heavy (non-hydrogen) atoms. The van der Waals surface area contributed by atoms with Gasteiger partial charge in [-0.25, -0.2) is 0 Å². The zero-order valence-corrected chi connectivity index (χ0v) is 15.6. The van der Waals surface area contributed by atoms with Gasteiger partial charge in [-0.2, -0.15) is 0 Å². The van der Waals surface area contributed by atoms with Gasteiger partial charge >= 0.3 is 0 Å². The van der Waals surface area contributed by atoms with Crippen LogP contribution in [0.15, 0.2) is 72.8 Å². The number of carbonyl (C=O) groups excluding carboxylic acids is 2. The summed E-state index contributed by atoms with van der Waals surface area (Å²) in [6.45, 7) is 1.80. The number of benzene rings is 2. The van der Waals surface area contributed by atoms with Crippen LogP contribution in [0.2, 0.25) is 0 Å². The minimum atomic E-state index is -0.379. The van der Waals surface area contributed by atoms with Crippen molar-refractivity contribution in [3.05, 3.63) is 83.9 Å². The Morgan fingerprint density at radius 3 is 1.74 bits per heavy atom. The fraction of sp³-hybridized carbons (Fsp3) is 0.304. The average Bonchev–Trinajstić information content (AvgIpc) is 2.69. The number of hydrogen-bond donors (Lipinski definition) is 2. The third-order valence-electron chi connectivity index (χ3n) is 4.90. The molecule has 3 atom stereocenters. The predicted octanol–water partition coefficient (Wildman–Crippen LogP) is 4.08. The summed E-state index contributed by atoms with van der Waals surface area (Å²) in [7, 11) is 0. The van der Waals surface area contributed by atoms with E-state index in [0.29, 0.717) is 0 Å². The zero-order chi connectivity index (χ0) is 19.1. The Balaban J connectivity index is 1.83. The van der Waals surface area contributed by atoms with Gasteiger partial charge in [-0.3, -0.25) is 9.59 Å². The van der Waals surface area contributed by atoms with E-state index in [1.807, 2.05) is 60.7 Å². The first-order valence-electron chi connectivity index (χ1n) is 9.48. The summed E-state index contributed by atoms with van der Waals surface area (Å²) < 4.78 is 0. The normalized spacial score (nSPS) is 25.4. The second kappa shape index (κ2) is 9.17. The third kappa shape index (κ3) is 5.30. The molecule has 2 amide bonds. The predicted molar refractivity (Wildman–Crippen MR) is 107 cm³/mol. The van der Waals surface area contributed by atoms with Gasteiger partial charge in [0.15, 0.2) is 0 Å². The lowest BCUT2D eigenvalue weighted by Crippen LogP contribution is -2.37. The Hall–Kier alpha value is -2.88. The molecule has 0 spiro atoms. The molecule has 0 saturated heterocycles. The van der Waals surface area contributed by atoms with E-state index in [9.17, 15) is 9.59 Å². The van der Waals surface area contributed by atoms with Crippen LogP contribution in [0.3, 0.4) is 0 Å². The maximum atomic E-state index is 12.6. The van der Waals surface area contributed by atoms with Gasteiger partial charge in [0.2, 0.25) is 11.8 Å². The monoisotopic (exact) mass is 362 g/mol. The van der Waals surface area contributed by atoms with Gasteiger partial charge in [-0.1, -0.05) is 79.7 Å². The van der Waals surface area contributed by atoms with Gasteiger partial charge in [0.1, 0.15) is 0 Å². The molecule has 4 heteroatoms. The molecule has 1 aliphatic rings. The largest absolute Gasteiger partial charge is 0.349 e. The molecular weight excluding hydrogens is 336 g/mol. The van der Waals surface area contributed by atoms with Crippen LogP contribution in [-0.2, 0) is 9.59 Å². The molecule has 0 radical (unpaired) electrons. The van der Waals surface area contributed by atoms with Crippen LogP contribution in [-0.4, -0.2) is 11.8 Å². The molecule has 1 aliphatic heterocycles. The first-order valence-corrected chi connectivity index (χ1v) is 9.48. The molecule has 2 aromatic carbocycles. The fourth-order valence-electron chi connectivity index (χ4n) is 3.33. The van der Waals surface area contributed by atoms with Gasteiger partial charge in [0.25, 0.3) is 0 Å². The molecule has 0 unspecified atom stereocenters. The molecule has 0 saturated carbocycles. The topological polar surface area (TPSA) is 58.2 Å². The van der Waals surface area contributed by atoms with Crippen molar-refractivity contribution in [3.63, 3.8) is 0 Å². The average molecular weight is 362 g/mol. The zero-order valence-electron chi connectivity index (χ0n) is 15.6. The molecule has 140 valence electrons. The van der Waals surface area contributed by atoms with E-state index < -0.39 is 0 Å². The van der Waals surface area contributed by atoms with Gasteiger partial charge in [-0.15, -0.1) is 0 Å². The van der Waals surface area contributed by atoms with Crippen LogP contribution in [0.5, 0.6) is 0 Å². The van der Waals surface area contributed by atoms with Crippen LogP contribution in [0.4, 0.5) is 0 Å². The summed E-state index contributed by atoms with van der Waals surface area (Å²) in [5.74, 6) is -0.572. The number of carbonyl (C=O) groups is 2. The van der Waals surface area contributed by atoms with Gasteiger partial charge in [0.05, 0.1) is 12.1 Å². The number of amides is 2. The molecule has 0 bridgehead atoms. The smallest absolute Gasteiger partial charge is 0.223 e. The summed E-state index contributed by atoms with van der Waals surface area (Å²) in [5, 5.41) is 6.17. The highest BCUT2D eigenvalue weighted by Gasteiger charge is 2.23. The standard InChI is InChI=1S/C23H26N2O2/c1-17-16-22(26)24-20(18-10-4-2-5-11-18)14-8-9-15-21(25-23(17)27)19-12-6-3-7-13-19/h2-13,17,20-21H,14-16H2,1H3,(H,24,26)(H,25,27)/b9-8-/t17-,20-,21-/m1/s1. The van der Waals surface area contributed by atoms with Crippen molar-refractivity contribution in [2.75, 3.05) is 0 Å². The lowest BCUT2D eigenvalue weighted by molar-refractivity contribution is -0.130. The first-order chi connectivity index (χ1) is 13.1. The lowest BCUT2D eigenvalue weighted by atomic mass is 9.98. The second-order valence-electron chi connectivity index (χ2n) is 7.05. The van der Waals surface area contributed by atoms with E-state index >= 15 is 0 Å². The molecule has 3 rings (SSSR count). The Kier molecular flexibility index (Phi) is 6.42. The number of rotatable bonds is 2. The van der Waals surface area contributed by atoms with Crippen molar-refractivity contribution in [1.82, 2.24) is 10.6 Å². The first kappa shape index (κ1) is 18.9. The maximum Gasteiger partial charge on any atom is 0.223 e. The lowest BCUT2D eigenvalue weighted by Gasteiger charge is -2.23. The number of nitrogens with one attached hydrogen (secondary N) is 2. The molecule has 2 aromatic rings. The van der Waals surface area contributed by atoms with Crippen LogP contribution in [0.25, 0.3) is 0 Å². The van der Waals surface area contributed by atoms with E-state index in [4.69, 9.17) is 0 Å². The Morgan fingerprint density at radius 1 is 0.741 bits per heavy atom. The molecule has 0 fully saturated rings. The number of hydrogen-bond acceptors (Lipinski definition) is 2. The maximum absolute atomic E-state index is 12.6. The van der Waals surface area contributed by atoms with Gasteiger partial charge in [0, 0.05) is 12.3 Å². The van der Waals surface area contributed by atoms with E-state index in [-0.39, 0.29) is 36.2 Å². The summed E-state index contributed by atoms with van der Waals surface area (Å²) in [6, 6.07) is 19.8. The highest BCUT2D eigenvalue weighted by Crippen LogP contribution is 2.22. The SMILES string of the molecule is C[C@@H]1CC(=O)N[C@@H](c2ccccc2)C/C=C\C[C@H](c2ccccc2)NC1=O. The summed E-state index contributed by atoms with van der Waals surface area (Å²) in [5.41, 5.74) is 2.15. The van der Waals surface area contributed by atoms with Crippen LogP contribution in [0.1, 0.15) is 49.4 Å². The molecule has 2 N–H and O–H groups in total. The van der Waals surface area contributed by atoms with E-state index in [0.717, 1.165) is 24.0 Å². The van der Waals surface area contributed by atoms with Gasteiger partial charge in [-0.05, 0) is 24.0 Å². The summed E-state index contributed by atoms with van der Waals surface area (Å²) in [4.78, 5) is 25.1. The molecular formula is C23H26N2O2. The Labute approximate surface area is 160 Å². The van der Waals surface area contributed by atoms with E-state index in [2.05, 4.69) is 22.8 Å². The summed E-state index contributed by atoms with van der Waals surface area (Å²) in [6.07, 6.45) is 5.80. The second-order valence-corrected chi connectivity index (χ2v) is 7.05. The highest BCUT2D eigenvalue weighted by atomic mass is 16.2. The minimum absolute atomic E-state index is 0.0835. The van der Waals surface area contributed by atoms with E-state index in [1.165, 1.54) is 0 Å². The Morgan fingerprint density at radius 2 is 1.22 bits per heavy atom. The van der Waals surface area contributed by atoms with Crippen molar-refractivity contribution < 1.29 is 9.59 Å². The van der Waals surface area contributed by atoms with Crippen molar-refractivity contribution >= 4 is 11.8 Å². The summed E-state index contributed by atoms with van der Waals surface area (Å²) >= 11 is 0. The van der Waals surface area contributed by atoms with Crippen molar-refractivity contribution in [1.29, 1.82) is 0 Å². The Bertz CT molecular complexity index is 787. The quantitative estimate of drug-likeness (QED) is 0.791. The van der Waals surface area contributed by atoms with Crippen molar-refractivity contribution in [2.24, 2.45) is 5.92 Å². The van der Waals surface area contributed by atoms with E-state index in [1.54, 1.807) is 6.92 Å². The fourth-order valence-corrected chi connectivity index (χ4v) is 3.33. The van der Waals surface area contributed by atoms with Gasteiger partial charge < -0.3 is 10.6 Å². The minimum Gasteiger partial charge on any atom is -0.349 e. The van der Waals surface area contributed by atoms with Crippen LogP contribution >= 0.6 is 0 Å². The van der Waals surface area contributed by atoms with Crippen LogP contribution in [0, 0.1) is 5.92 Å². The third-order valence-corrected chi connectivity index (χ3v) is 4.90. The molecule has 1 heterocycles. The van der Waals surface area contributed by atoms with Crippen molar-refractivity contribution in [2.45, 2.75) is 38.3 Å². The van der Waals surface area contributed by atoms with Crippen molar-refractivity contribution in [3.8, 4) is 0 Å². The molecule has 4 nitrogen and oxygen atoms in total. The van der Waals surface area contributed by atoms with Crippen LogP contribution < -0.4 is 10.6 Å².